The van der Waals surface area contributed by atoms with Crippen LogP contribution in [0.15, 0.2) is 18.2 Å². The molecule has 0 heterocycles. The Bertz CT molecular complexity index is 481. The molecule has 0 aliphatic heterocycles. The molecule has 1 aromatic rings. The highest BCUT2D eigenvalue weighted by molar-refractivity contribution is 5.78. The zero-order valence-electron chi connectivity index (χ0n) is 12.6. The van der Waals surface area contributed by atoms with E-state index in [1.54, 1.807) is 0 Å². The lowest BCUT2D eigenvalue weighted by molar-refractivity contribution is -0.137. The van der Waals surface area contributed by atoms with Gasteiger partial charge in [-0.15, -0.1) is 0 Å². The lowest BCUT2D eigenvalue weighted by Crippen LogP contribution is -2.10. The third-order valence-corrected chi connectivity index (χ3v) is 3.29. The number of Topliss-reactive ketones (excluding diaryl/α,β-unsaturated/α-hetero) is 1. The molecule has 118 valence electrons. The SMILES string of the molecule is CCCC(=O)CC(C)Cc1ccc(C(F)(F)F)cc1OC. The van der Waals surface area contributed by atoms with E-state index in [1.165, 1.54) is 13.2 Å². The number of ketones is 1. The van der Waals surface area contributed by atoms with E-state index >= 15 is 0 Å². The van der Waals surface area contributed by atoms with Crippen molar-refractivity contribution in [3.8, 4) is 5.75 Å². The van der Waals surface area contributed by atoms with Crippen molar-refractivity contribution in [3.05, 3.63) is 29.3 Å². The molecule has 1 rings (SSSR count). The molecular weight excluding hydrogens is 281 g/mol. The number of carbonyl (C=O) groups is 1. The van der Waals surface area contributed by atoms with Crippen LogP contribution in [0.5, 0.6) is 5.75 Å². The molecule has 2 nitrogen and oxygen atoms in total. The minimum Gasteiger partial charge on any atom is -0.496 e. The van der Waals surface area contributed by atoms with Crippen molar-refractivity contribution < 1.29 is 22.7 Å². The number of rotatable bonds is 7. The fourth-order valence-corrected chi connectivity index (χ4v) is 2.31. The van der Waals surface area contributed by atoms with Gasteiger partial charge in [-0.1, -0.05) is 19.9 Å². The Hall–Kier alpha value is -1.52. The van der Waals surface area contributed by atoms with E-state index in [9.17, 15) is 18.0 Å². The summed E-state index contributed by atoms with van der Waals surface area (Å²) in [6, 6.07) is 3.50. The van der Waals surface area contributed by atoms with Gasteiger partial charge in [0.15, 0.2) is 0 Å². The Morgan fingerprint density at radius 2 is 2.00 bits per heavy atom. The maximum absolute atomic E-state index is 12.7. The number of hydrogen-bond donors (Lipinski definition) is 0. The van der Waals surface area contributed by atoms with E-state index in [2.05, 4.69) is 0 Å². The normalized spacial score (nSPS) is 13.0. The molecule has 0 N–H and O–H groups in total. The maximum Gasteiger partial charge on any atom is 0.416 e. The van der Waals surface area contributed by atoms with Crippen LogP contribution in [0.25, 0.3) is 0 Å². The van der Waals surface area contributed by atoms with Crippen LogP contribution in [0, 0.1) is 5.92 Å². The third-order valence-electron chi connectivity index (χ3n) is 3.29. The Morgan fingerprint density at radius 1 is 1.33 bits per heavy atom. The first kappa shape index (κ1) is 17.5. The molecule has 0 saturated heterocycles. The van der Waals surface area contributed by atoms with E-state index in [1.807, 2.05) is 13.8 Å². The molecule has 1 atom stereocenters. The molecule has 0 saturated carbocycles. The molecule has 0 aliphatic rings. The zero-order valence-corrected chi connectivity index (χ0v) is 12.6. The molecule has 1 aromatic carbocycles. The van der Waals surface area contributed by atoms with Gasteiger partial charge in [-0.05, 0) is 36.5 Å². The molecule has 0 amide bonds. The molecule has 0 aliphatic carbocycles. The van der Waals surface area contributed by atoms with Gasteiger partial charge in [0.2, 0.25) is 0 Å². The van der Waals surface area contributed by atoms with Crippen molar-refractivity contribution in [2.45, 2.75) is 45.7 Å². The van der Waals surface area contributed by atoms with Gasteiger partial charge in [0.05, 0.1) is 12.7 Å². The molecule has 5 heteroatoms. The summed E-state index contributed by atoms with van der Waals surface area (Å²) in [5.41, 5.74) is -0.0277. The summed E-state index contributed by atoms with van der Waals surface area (Å²) in [6.07, 6.45) is -2.05. The highest BCUT2D eigenvalue weighted by Crippen LogP contribution is 2.34. The first-order valence-electron chi connectivity index (χ1n) is 7.03. The third kappa shape index (κ3) is 5.40. The minimum absolute atomic E-state index is 0.0784. The molecule has 0 spiro atoms. The van der Waals surface area contributed by atoms with E-state index in [0.717, 1.165) is 18.6 Å². The maximum atomic E-state index is 12.7. The lowest BCUT2D eigenvalue weighted by atomic mass is 9.94. The van der Waals surface area contributed by atoms with Crippen molar-refractivity contribution in [1.29, 1.82) is 0 Å². The molecule has 0 aromatic heterocycles. The second-order valence-corrected chi connectivity index (χ2v) is 5.33. The molecule has 0 bridgehead atoms. The van der Waals surface area contributed by atoms with E-state index in [-0.39, 0.29) is 17.5 Å². The second-order valence-electron chi connectivity index (χ2n) is 5.33. The predicted octanol–water partition coefficient (Wildman–Crippen LogP) is 4.65. The van der Waals surface area contributed by atoms with E-state index in [0.29, 0.717) is 24.8 Å². The first-order valence-corrected chi connectivity index (χ1v) is 7.03. The molecule has 0 fully saturated rings. The van der Waals surface area contributed by atoms with Gasteiger partial charge >= 0.3 is 6.18 Å². The van der Waals surface area contributed by atoms with Crippen molar-refractivity contribution in [1.82, 2.24) is 0 Å². The summed E-state index contributed by atoms with van der Waals surface area (Å²) in [5.74, 6) is 0.491. The Morgan fingerprint density at radius 3 is 2.52 bits per heavy atom. The van der Waals surface area contributed by atoms with Gasteiger partial charge in [0.25, 0.3) is 0 Å². The zero-order chi connectivity index (χ0) is 16.0. The molecule has 21 heavy (non-hydrogen) atoms. The second kappa shape index (κ2) is 7.48. The molecule has 1 unspecified atom stereocenters. The highest BCUT2D eigenvalue weighted by atomic mass is 19.4. The van der Waals surface area contributed by atoms with Gasteiger partial charge in [0, 0.05) is 12.8 Å². The summed E-state index contributed by atoms with van der Waals surface area (Å²) in [7, 11) is 1.35. The fraction of sp³-hybridized carbons (Fsp3) is 0.562. The number of methoxy groups -OCH3 is 1. The summed E-state index contributed by atoms with van der Waals surface area (Å²) in [6.45, 7) is 3.87. The van der Waals surface area contributed by atoms with Crippen molar-refractivity contribution in [3.63, 3.8) is 0 Å². The van der Waals surface area contributed by atoms with Gasteiger partial charge < -0.3 is 4.74 Å². The van der Waals surface area contributed by atoms with Crippen LogP contribution < -0.4 is 4.74 Å². The van der Waals surface area contributed by atoms with Crippen LogP contribution in [0.3, 0.4) is 0 Å². The van der Waals surface area contributed by atoms with Gasteiger partial charge in [-0.2, -0.15) is 13.2 Å². The lowest BCUT2D eigenvalue weighted by Gasteiger charge is -2.15. The first-order chi connectivity index (χ1) is 9.77. The number of alkyl halides is 3. The number of benzene rings is 1. The van der Waals surface area contributed by atoms with Crippen molar-refractivity contribution in [2.24, 2.45) is 5.92 Å². The fourth-order valence-electron chi connectivity index (χ4n) is 2.31. The van der Waals surface area contributed by atoms with Crippen LogP contribution in [0.1, 0.15) is 44.2 Å². The van der Waals surface area contributed by atoms with Gasteiger partial charge in [-0.3, -0.25) is 4.79 Å². The van der Waals surface area contributed by atoms with E-state index < -0.39 is 11.7 Å². The van der Waals surface area contributed by atoms with E-state index in [4.69, 9.17) is 4.74 Å². The average molecular weight is 302 g/mol. The van der Waals surface area contributed by atoms with Crippen LogP contribution in [0.4, 0.5) is 13.2 Å². The molecular formula is C16H21F3O2. The highest BCUT2D eigenvalue weighted by Gasteiger charge is 2.31. The Kier molecular flexibility index (Phi) is 6.24. The van der Waals surface area contributed by atoms with Crippen molar-refractivity contribution in [2.75, 3.05) is 7.11 Å². The smallest absolute Gasteiger partial charge is 0.416 e. The van der Waals surface area contributed by atoms with Crippen molar-refractivity contribution >= 4 is 5.78 Å². The average Bonchev–Trinajstić information content (AvgIpc) is 2.37. The van der Waals surface area contributed by atoms with Crippen LogP contribution in [-0.2, 0) is 17.4 Å². The Balaban J connectivity index is 2.81. The summed E-state index contributed by atoms with van der Waals surface area (Å²) < 4.78 is 43.0. The largest absolute Gasteiger partial charge is 0.496 e. The van der Waals surface area contributed by atoms with Gasteiger partial charge in [0.1, 0.15) is 11.5 Å². The summed E-state index contributed by atoms with van der Waals surface area (Å²) >= 11 is 0. The van der Waals surface area contributed by atoms with Crippen LogP contribution in [0.2, 0.25) is 0 Å². The quantitative estimate of drug-likeness (QED) is 0.732. The minimum atomic E-state index is -4.38. The monoisotopic (exact) mass is 302 g/mol. The van der Waals surface area contributed by atoms with Crippen LogP contribution >= 0.6 is 0 Å². The number of carbonyl (C=O) groups excluding carboxylic acids is 1. The summed E-state index contributed by atoms with van der Waals surface area (Å²) in [5, 5.41) is 0. The number of ether oxygens (including phenoxy) is 1. The molecule has 0 radical (unpaired) electrons. The Labute approximate surface area is 123 Å². The summed E-state index contributed by atoms with van der Waals surface area (Å²) in [4.78, 5) is 11.6. The number of halogens is 3. The van der Waals surface area contributed by atoms with Crippen LogP contribution in [-0.4, -0.2) is 12.9 Å². The standard InChI is InChI=1S/C16H21F3O2/c1-4-5-14(20)9-11(2)8-12-6-7-13(16(17,18)19)10-15(12)21-3/h6-7,10-11H,4-5,8-9H2,1-3H3. The number of hydrogen-bond acceptors (Lipinski definition) is 2. The van der Waals surface area contributed by atoms with Gasteiger partial charge in [-0.25, -0.2) is 0 Å². The predicted molar refractivity (Wildman–Crippen MR) is 75.4 cm³/mol. The topological polar surface area (TPSA) is 26.3 Å².